The molecule has 2 aliphatic heterocycles. The fourth-order valence-electron chi connectivity index (χ4n) is 4.05. The summed E-state index contributed by atoms with van der Waals surface area (Å²) in [6.45, 7) is 6.11. The van der Waals surface area contributed by atoms with Gasteiger partial charge in [0.1, 0.15) is 0 Å². The van der Waals surface area contributed by atoms with Crippen molar-refractivity contribution in [3.8, 4) is 0 Å². The lowest BCUT2D eigenvalue weighted by atomic mass is 10.0. The van der Waals surface area contributed by atoms with Crippen molar-refractivity contribution in [2.24, 2.45) is 0 Å². The average Bonchev–Trinajstić information content (AvgIpc) is 3.29. The molecule has 1 fully saturated rings. The number of carbonyl (C=O) groups excluding carboxylic acids is 2. The molecule has 0 bridgehead atoms. The summed E-state index contributed by atoms with van der Waals surface area (Å²) in [6, 6.07) is 11.4. The highest BCUT2D eigenvalue weighted by Gasteiger charge is 2.35. The highest BCUT2D eigenvalue weighted by molar-refractivity contribution is 7.10. The number of para-hydroxylation sites is 1. The number of methoxy groups -OCH3 is 1. The Labute approximate surface area is 180 Å². The molecule has 1 atom stereocenters. The van der Waals surface area contributed by atoms with Crippen molar-refractivity contribution in [1.82, 2.24) is 15.5 Å². The number of amides is 2. The van der Waals surface area contributed by atoms with Crippen LogP contribution in [0, 0.1) is 6.92 Å². The summed E-state index contributed by atoms with van der Waals surface area (Å²) < 4.78 is 5.05. The fourth-order valence-corrected chi connectivity index (χ4v) is 4.84. The van der Waals surface area contributed by atoms with Gasteiger partial charge in [-0.25, -0.2) is 9.59 Å². The summed E-state index contributed by atoms with van der Waals surface area (Å²) in [5, 5.41) is 7.65. The first-order valence-corrected chi connectivity index (χ1v) is 10.9. The number of nitrogens with one attached hydrogen (secondary N) is 2. The highest BCUT2D eigenvalue weighted by atomic mass is 32.1. The number of hydrogen-bond donors (Lipinski definition) is 2. The Bertz CT molecular complexity index is 949. The number of nitrogens with zero attached hydrogens (tertiary/aromatic N) is 2. The van der Waals surface area contributed by atoms with Gasteiger partial charge in [-0.2, -0.15) is 0 Å². The number of piperazine rings is 1. The number of aryl methyl sites for hydroxylation is 1. The maximum Gasteiger partial charge on any atom is 0.338 e. The Hall–Kier alpha value is -2.84. The number of benzene rings is 1. The Kier molecular flexibility index (Phi) is 6.06. The van der Waals surface area contributed by atoms with Gasteiger partial charge in [0.2, 0.25) is 0 Å². The minimum atomic E-state index is -0.491. The minimum Gasteiger partial charge on any atom is -0.466 e. The van der Waals surface area contributed by atoms with E-state index >= 15 is 0 Å². The number of ether oxygens (including phenoxy) is 1. The van der Waals surface area contributed by atoms with E-state index in [-0.39, 0.29) is 6.03 Å². The fraction of sp³-hybridized carbons (Fsp3) is 0.364. The molecule has 7 nitrogen and oxygen atoms in total. The Balaban J connectivity index is 1.52. The Morgan fingerprint density at radius 1 is 1.17 bits per heavy atom. The van der Waals surface area contributed by atoms with E-state index in [1.165, 1.54) is 29.7 Å². The van der Waals surface area contributed by atoms with E-state index in [1.54, 1.807) is 0 Å². The highest BCUT2D eigenvalue weighted by Crippen LogP contribution is 2.31. The molecule has 30 heavy (non-hydrogen) atoms. The monoisotopic (exact) mass is 426 g/mol. The molecule has 1 aromatic heterocycles. The molecule has 0 aliphatic carbocycles. The zero-order chi connectivity index (χ0) is 21.1. The van der Waals surface area contributed by atoms with Crippen LogP contribution in [0.4, 0.5) is 10.5 Å². The molecule has 0 unspecified atom stereocenters. The lowest BCUT2D eigenvalue weighted by Crippen LogP contribution is -2.51. The second-order valence-electron chi connectivity index (χ2n) is 7.48. The van der Waals surface area contributed by atoms with Crippen molar-refractivity contribution in [2.75, 3.05) is 44.7 Å². The molecule has 8 heteroatoms. The van der Waals surface area contributed by atoms with Gasteiger partial charge in [0.15, 0.2) is 0 Å². The van der Waals surface area contributed by atoms with Gasteiger partial charge in [0.25, 0.3) is 0 Å². The van der Waals surface area contributed by atoms with Crippen molar-refractivity contribution < 1.29 is 14.3 Å². The van der Waals surface area contributed by atoms with Gasteiger partial charge in [-0.3, -0.25) is 4.90 Å². The third-order valence-corrected chi connectivity index (χ3v) is 6.53. The topological polar surface area (TPSA) is 73.9 Å². The van der Waals surface area contributed by atoms with Gasteiger partial charge in [-0.1, -0.05) is 24.3 Å². The van der Waals surface area contributed by atoms with Crippen molar-refractivity contribution in [3.63, 3.8) is 0 Å². The number of hydrogen-bond acceptors (Lipinski definition) is 6. The summed E-state index contributed by atoms with van der Waals surface area (Å²) in [4.78, 5) is 30.5. The second kappa shape index (κ2) is 8.89. The van der Waals surface area contributed by atoms with E-state index in [0.29, 0.717) is 17.8 Å². The summed E-state index contributed by atoms with van der Waals surface area (Å²) in [7, 11) is 1.37. The van der Waals surface area contributed by atoms with Crippen LogP contribution in [0.1, 0.15) is 16.5 Å². The van der Waals surface area contributed by atoms with Crippen molar-refractivity contribution in [3.05, 3.63) is 63.5 Å². The standard InChI is InChI=1S/C22H26N4O3S/c1-15-6-3-4-7-17(15)26-11-9-25(10-12-26)14-16-19(21(27)29-2)20(24-22(28)23-16)18-8-5-13-30-18/h3-8,13,20H,9-12,14H2,1-2H3,(H2,23,24,28)/t20-/m0/s1. The van der Waals surface area contributed by atoms with Crippen LogP contribution in [0.2, 0.25) is 0 Å². The first-order valence-electron chi connectivity index (χ1n) is 10.0. The first kappa shape index (κ1) is 20.4. The third kappa shape index (κ3) is 4.20. The van der Waals surface area contributed by atoms with E-state index in [4.69, 9.17) is 4.74 Å². The van der Waals surface area contributed by atoms with Gasteiger partial charge in [-0.05, 0) is 30.0 Å². The normalized spacial score (nSPS) is 20.0. The molecule has 2 aliphatic rings. The van der Waals surface area contributed by atoms with E-state index in [0.717, 1.165) is 31.1 Å². The van der Waals surface area contributed by atoms with Crippen LogP contribution in [-0.2, 0) is 9.53 Å². The van der Waals surface area contributed by atoms with Crippen LogP contribution in [-0.4, -0.2) is 56.7 Å². The first-order chi connectivity index (χ1) is 14.6. The molecule has 0 saturated carbocycles. The van der Waals surface area contributed by atoms with E-state index in [1.807, 2.05) is 17.5 Å². The van der Waals surface area contributed by atoms with E-state index in [2.05, 4.69) is 51.6 Å². The van der Waals surface area contributed by atoms with E-state index in [9.17, 15) is 9.59 Å². The molecule has 2 N–H and O–H groups in total. The number of carbonyl (C=O) groups is 2. The summed E-state index contributed by atoms with van der Waals surface area (Å²) >= 11 is 1.51. The van der Waals surface area contributed by atoms with Gasteiger partial charge in [0, 0.05) is 49.0 Å². The number of esters is 1. The number of rotatable bonds is 5. The number of thiophene rings is 1. The molecule has 4 rings (SSSR count). The molecular formula is C22H26N4O3S. The SMILES string of the molecule is COC(=O)C1=C(CN2CCN(c3ccccc3C)CC2)NC(=O)N[C@H]1c1cccs1. The van der Waals surface area contributed by atoms with Gasteiger partial charge in [0.05, 0.1) is 18.7 Å². The largest absolute Gasteiger partial charge is 0.466 e. The van der Waals surface area contributed by atoms with E-state index < -0.39 is 12.0 Å². The molecule has 2 amide bonds. The minimum absolute atomic E-state index is 0.297. The second-order valence-corrected chi connectivity index (χ2v) is 8.46. The van der Waals surface area contributed by atoms with Crippen molar-refractivity contribution >= 4 is 29.0 Å². The molecule has 0 spiro atoms. The maximum absolute atomic E-state index is 12.6. The molecule has 158 valence electrons. The zero-order valence-corrected chi connectivity index (χ0v) is 18.0. The zero-order valence-electron chi connectivity index (χ0n) is 17.2. The maximum atomic E-state index is 12.6. The van der Waals surface area contributed by atoms with Crippen LogP contribution < -0.4 is 15.5 Å². The summed E-state index contributed by atoms with van der Waals surface area (Å²) in [6.07, 6.45) is 0. The lowest BCUT2D eigenvalue weighted by molar-refractivity contribution is -0.136. The molecule has 3 heterocycles. The third-order valence-electron chi connectivity index (χ3n) is 5.60. The Morgan fingerprint density at radius 2 is 1.93 bits per heavy atom. The van der Waals surface area contributed by atoms with Gasteiger partial charge >= 0.3 is 12.0 Å². The lowest BCUT2D eigenvalue weighted by Gasteiger charge is -2.38. The van der Waals surface area contributed by atoms with Crippen LogP contribution in [0.5, 0.6) is 0 Å². The van der Waals surface area contributed by atoms with Crippen LogP contribution in [0.25, 0.3) is 0 Å². The molecule has 1 aromatic carbocycles. The number of urea groups is 1. The average molecular weight is 427 g/mol. The molecule has 2 aromatic rings. The van der Waals surface area contributed by atoms with Gasteiger partial charge < -0.3 is 20.3 Å². The van der Waals surface area contributed by atoms with Crippen molar-refractivity contribution in [1.29, 1.82) is 0 Å². The van der Waals surface area contributed by atoms with Crippen molar-refractivity contribution in [2.45, 2.75) is 13.0 Å². The molecular weight excluding hydrogens is 400 g/mol. The van der Waals surface area contributed by atoms with Gasteiger partial charge in [-0.15, -0.1) is 11.3 Å². The van der Waals surface area contributed by atoms with Crippen LogP contribution in [0.3, 0.4) is 0 Å². The number of anilines is 1. The Morgan fingerprint density at radius 3 is 2.60 bits per heavy atom. The molecule has 0 radical (unpaired) electrons. The van der Waals surface area contributed by atoms with Crippen LogP contribution >= 0.6 is 11.3 Å². The van der Waals surface area contributed by atoms with Crippen LogP contribution in [0.15, 0.2) is 53.0 Å². The summed E-state index contributed by atoms with van der Waals surface area (Å²) in [5.74, 6) is -0.422. The summed E-state index contributed by atoms with van der Waals surface area (Å²) in [5.41, 5.74) is 3.62. The molecule has 1 saturated heterocycles. The predicted octanol–water partition coefficient (Wildman–Crippen LogP) is 2.66. The predicted molar refractivity (Wildman–Crippen MR) is 118 cm³/mol. The smallest absolute Gasteiger partial charge is 0.338 e. The quantitative estimate of drug-likeness (QED) is 0.719.